The Morgan fingerprint density at radius 1 is 1.40 bits per heavy atom. The Balaban J connectivity index is 1.91. The van der Waals surface area contributed by atoms with Crippen molar-refractivity contribution in [3.63, 3.8) is 0 Å². The Morgan fingerprint density at radius 3 is 2.88 bits per heavy atom. The van der Waals surface area contributed by atoms with Crippen LogP contribution in [0.2, 0.25) is 0 Å². The molecule has 2 aromatic rings. The average Bonchev–Trinajstić information content (AvgIpc) is 2.89. The molecular formula is C18H24FN3O2S. The number of anilines is 1. The van der Waals surface area contributed by atoms with Crippen LogP contribution in [0, 0.1) is 12.7 Å². The molecule has 1 aromatic carbocycles. The molecule has 0 aliphatic heterocycles. The Hall–Kier alpha value is -1.83. The number of amides is 1. The van der Waals surface area contributed by atoms with Crippen LogP contribution in [0.25, 0.3) is 0 Å². The lowest BCUT2D eigenvalue weighted by atomic mass is 10.1. The van der Waals surface area contributed by atoms with Crippen molar-refractivity contribution in [2.45, 2.75) is 19.8 Å². The van der Waals surface area contributed by atoms with Gasteiger partial charge in [0.15, 0.2) is 5.13 Å². The molecule has 2 rings (SSSR count). The molecule has 0 fully saturated rings. The Morgan fingerprint density at radius 2 is 2.16 bits per heavy atom. The van der Waals surface area contributed by atoms with E-state index < -0.39 is 0 Å². The number of rotatable bonds is 9. The smallest absolute Gasteiger partial charge is 0.240 e. The summed E-state index contributed by atoms with van der Waals surface area (Å²) in [5.74, 6) is -0.329. The number of nitrogens with zero attached hydrogens (tertiary/aromatic N) is 2. The van der Waals surface area contributed by atoms with Gasteiger partial charge in [-0.15, -0.1) is 11.3 Å². The summed E-state index contributed by atoms with van der Waals surface area (Å²) in [7, 11) is 3.56. The molecule has 0 aliphatic carbocycles. The number of halogens is 1. The highest BCUT2D eigenvalue weighted by Crippen LogP contribution is 2.26. The predicted molar refractivity (Wildman–Crippen MR) is 98.7 cm³/mol. The normalized spacial score (nSPS) is 11.1. The molecule has 1 N–H and O–H groups in total. The largest absolute Gasteiger partial charge is 0.385 e. The number of hydrogen-bond acceptors (Lipinski definition) is 5. The number of benzene rings is 1. The van der Waals surface area contributed by atoms with Crippen molar-refractivity contribution in [2.24, 2.45) is 0 Å². The molecule has 0 aliphatic rings. The number of methoxy groups -OCH3 is 1. The molecule has 7 heteroatoms. The SMILES string of the molecule is COCCCN(C)CC(=O)Nc1nc(C)c(Cc2ccccc2F)s1. The maximum atomic E-state index is 13.8. The van der Waals surface area contributed by atoms with Crippen LogP contribution in [0.5, 0.6) is 0 Å². The summed E-state index contributed by atoms with van der Waals surface area (Å²) in [5.41, 5.74) is 1.45. The zero-order valence-electron chi connectivity index (χ0n) is 14.8. The van der Waals surface area contributed by atoms with Crippen LogP contribution >= 0.6 is 11.3 Å². The molecule has 0 unspecified atom stereocenters. The summed E-state index contributed by atoms with van der Waals surface area (Å²) in [6.07, 6.45) is 1.35. The number of ether oxygens (including phenoxy) is 1. The van der Waals surface area contributed by atoms with Crippen LogP contribution in [0.4, 0.5) is 9.52 Å². The second kappa shape index (κ2) is 9.60. The Labute approximate surface area is 151 Å². The molecule has 5 nitrogen and oxygen atoms in total. The second-order valence-corrected chi connectivity index (χ2v) is 7.01. The Kier molecular flexibility index (Phi) is 7.49. The number of aromatic nitrogens is 1. The predicted octanol–water partition coefficient (Wildman–Crippen LogP) is 3.09. The standard InChI is InChI=1S/C18H24FN3O2S/c1-13-16(11-14-7-4-5-8-15(14)19)25-18(20-13)21-17(23)12-22(2)9-6-10-24-3/h4-5,7-8H,6,9-12H2,1-3H3,(H,20,21,23). The zero-order chi connectivity index (χ0) is 18.2. The van der Waals surface area contributed by atoms with Crippen molar-refractivity contribution >= 4 is 22.4 Å². The first kappa shape index (κ1) is 19.5. The van der Waals surface area contributed by atoms with E-state index in [0.717, 1.165) is 23.5 Å². The highest BCUT2D eigenvalue weighted by molar-refractivity contribution is 7.15. The molecule has 0 atom stereocenters. The first-order valence-electron chi connectivity index (χ1n) is 8.16. The van der Waals surface area contributed by atoms with Crippen molar-refractivity contribution in [3.8, 4) is 0 Å². The zero-order valence-corrected chi connectivity index (χ0v) is 15.7. The van der Waals surface area contributed by atoms with Gasteiger partial charge in [0.2, 0.25) is 5.91 Å². The summed E-state index contributed by atoms with van der Waals surface area (Å²) in [5, 5.41) is 3.38. The van der Waals surface area contributed by atoms with E-state index in [1.165, 1.54) is 17.4 Å². The van der Waals surface area contributed by atoms with E-state index in [-0.39, 0.29) is 11.7 Å². The number of aryl methyl sites for hydroxylation is 1. The van der Waals surface area contributed by atoms with Gasteiger partial charge in [-0.1, -0.05) is 18.2 Å². The summed E-state index contributed by atoms with van der Waals surface area (Å²) in [6.45, 7) is 3.64. The molecule has 0 saturated carbocycles. The average molecular weight is 365 g/mol. The molecule has 25 heavy (non-hydrogen) atoms. The maximum Gasteiger partial charge on any atom is 0.240 e. The molecule has 1 heterocycles. The minimum absolute atomic E-state index is 0.105. The molecule has 0 saturated heterocycles. The molecular weight excluding hydrogens is 341 g/mol. The van der Waals surface area contributed by atoms with Crippen LogP contribution in [0.3, 0.4) is 0 Å². The van der Waals surface area contributed by atoms with Gasteiger partial charge in [0.05, 0.1) is 12.2 Å². The third kappa shape index (κ3) is 6.19. The van der Waals surface area contributed by atoms with Gasteiger partial charge in [-0.25, -0.2) is 9.37 Å². The first-order chi connectivity index (χ1) is 12.0. The van der Waals surface area contributed by atoms with Crippen molar-refractivity contribution in [3.05, 3.63) is 46.2 Å². The fourth-order valence-electron chi connectivity index (χ4n) is 2.42. The number of thiazole rings is 1. The summed E-state index contributed by atoms with van der Waals surface area (Å²) >= 11 is 1.39. The monoisotopic (exact) mass is 365 g/mol. The second-order valence-electron chi connectivity index (χ2n) is 5.93. The van der Waals surface area contributed by atoms with Crippen LogP contribution in [-0.4, -0.2) is 49.6 Å². The lowest BCUT2D eigenvalue weighted by molar-refractivity contribution is -0.117. The van der Waals surface area contributed by atoms with E-state index in [4.69, 9.17) is 4.74 Å². The highest BCUT2D eigenvalue weighted by Gasteiger charge is 2.13. The van der Waals surface area contributed by atoms with Crippen molar-refractivity contribution in [1.82, 2.24) is 9.88 Å². The van der Waals surface area contributed by atoms with Gasteiger partial charge in [0.1, 0.15) is 5.82 Å². The lowest BCUT2D eigenvalue weighted by Crippen LogP contribution is -2.31. The maximum absolute atomic E-state index is 13.8. The van der Waals surface area contributed by atoms with Gasteiger partial charge in [0, 0.05) is 31.6 Å². The van der Waals surface area contributed by atoms with Gasteiger partial charge in [-0.3, -0.25) is 9.69 Å². The van der Waals surface area contributed by atoms with E-state index in [0.29, 0.717) is 30.3 Å². The van der Waals surface area contributed by atoms with Crippen molar-refractivity contribution in [1.29, 1.82) is 0 Å². The van der Waals surface area contributed by atoms with Gasteiger partial charge in [-0.05, 0) is 32.0 Å². The van der Waals surface area contributed by atoms with E-state index in [2.05, 4.69) is 10.3 Å². The molecule has 136 valence electrons. The first-order valence-corrected chi connectivity index (χ1v) is 8.98. The van der Waals surface area contributed by atoms with Crippen molar-refractivity contribution in [2.75, 3.05) is 39.2 Å². The quantitative estimate of drug-likeness (QED) is 0.694. The highest BCUT2D eigenvalue weighted by atomic mass is 32.1. The topological polar surface area (TPSA) is 54.5 Å². The number of carbonyl (C=O) groups is 1. The number of likely N-dealkylation sites (N-methyl/N-ethyl adjacent to an activating group) is 1. The fraction of sp³-hybridized carbons (Fsp3) is 0.444. The van der Waals surface area contributed by atoms with E-state index >= 15 is 0 Å². The summed E-state index contributed by atoms with van der Waals surface area (Å²) in [6, 6.07) is 6.71. The molecule has 1 aromatic heterocycles. The van der Waals surface area contributed by atoms with Crippen LogP contribution in [-0.2, 0) is 16.0 Å². The summed E-state index contributed by atoms with van der Waals surface area (Å²) < 4.78 is 18.8. The molecule has 1 amide bonds. The summed E-state index contributed by atoms with van der Waals surface area (Å²) in [4.78, 5) is 19.4. The minimum Gasteiger partial charge on any atom is -0.385 e. The third-order valence-corrected chi connectivity index (χ3v) is 4.82. The fourth-order valence-corrected chi connectivity index (χ4v) is 3.42. The number of carbonyl (C=O) groups excluding carboxylic acids is 1. The number of nitrogens with one attached hydrogen (secondary N) is 1. The van der Waals surface area contributed by atoms with Gasteiger partial charge in [-0.2, -0.15) is 0 Å². The van der Waals surface area contributed by atoms with Gasteiger partial charge in [0.25, 0.3) is 0 Å². The van der Waals surface area contributed by atoms with E-state index in [9.17, 15) is 9.18 Å². The third-order valence-electron chi connectivity index (χ3n) is 3.75. The van der Waals surface area contributed by atoms with Gasteiger partial charge >= 0.3 is 0 Å². The molecule has 0 radical (unpaired) electrons. The van der Waals surface area contributed by atoms with Crippen molar-refractivity contribution < 1.29 is 13.9 Å². The van der Waals surface area contributed by atoms with Crippen LogP contribution in [0.1, 0.15) is 22.6 Å². The van der Waals surface area contributed by atoms with Gasteiger partial charge < -0.3 is 10.1 Å². The van der Waals surface area contributed by atoms with E-state index in [1.807, 2.05) is 24.9 Å². The van der Waals surface area contributed by atoms with Crippen LogP contribution in [0.15, 0.2) is 24.3 Å². The molecule has 0 spiro atoms. The van der Waals surface area contributed by atoms with E-state index in [1.54, 1.807) is 19.2 Å². The van der Waals surface area contributed by atoms with Crippen LogP contribution < -0.4 is 5.32 Å². The lowest BCUT2D eigenvalue weighted by Gasteiger charge is -2.15. The minimum atomic E-state index is -0.224. The molecule has 0 bridgehead atoms. The Bertz CT molecular complexity index is 705. The number of hydrogen-bond donors (Lipinski definition) is 1.